The average molecular weight is 525 g/mol. The molecular weight excluding hydrogens is 500 g/mol. The molecule has 3 aromatic carbocycles. The summed E-state index contributed by atoms with van der Waals surface area (Å²) in [6, 6.07) is 20.9. The molecule has 3 atom stereocenters. The molecule has 3 amide bonds. The molecule has 9 heteroatoms. The first-order valence-corrected chi connectivity index (χ1v) is 13.0. The van der Waals surface area contributed by atoms with Crippen LogP contribution in [-0.2, 0) is 19.1 Å². The number of imide groups is 1. The van der Waals surface area contributed by atoms with Crippen LogP contribution in [0.3, 0.4) is 0 Å². The van der Waals surface area contributed by atoms with Crippen molar-refractivity contribution in [1.29, 1.82) is 0 Å². The summed E-state index contributed by atoms with van der Waals surface area (Å²) < 4.78 is 11.6. The molecule has 7 rings (SSSR count). The van der Waals surface area contributed by atoms with Crippen LogP contribution >= 0.6 is 0 Å². The molecule has 0 radical (unpaired) electrons. The van der Waals surface area contributed by atoms with E-state index >= 15 is 0 Å². The summed E-state index contributed by atoms with van der Waals surface area (Å²) in [7, 11) is 0. The third kappa shape index (κ3) is 3.64. The molecule has 0 N–H and O–H groups in total. The quantitative estimate of drug-likeness (QED) is 0.477. The van der Waals surface area contributed by atoms with Crippen molar-refractivity contribution in [3.63, 3.8) is 0 Å². The summed E-state index contributed by atoms with van der Waals surface area (Å²) in [5.41, 5.74) is 4.71. The van der Waals surface area contributed by atoms with Crippen LogP contribution in [-0.4, -0.2) is 65.2 Å². The summed E-state index contributed by atoms with van der Waals surface area (Å²) in [5, 5.41) is 0.470. The van der Waals surface area contributed by atoms with E-state index in [9.17, 15) is 19.2 Å². The number of ether oxygens (including phenoxy) is 2. The highest BCUT2D eigenvalue weighted by Gasteiger charge is 2.53. The number of nitrogens with zero attached hydrogens (tertiary/aromatic N) is 2. The Bertz CT molecular complexity index is 1450. The van der Waals surface area contributed by atoms with E-state index < -0.39 is 29.9 Å². The largest absolute Gasteiger partial charge is 0.448 e. The molecule has 2 saturated heterocycles. The first kappa shape index (κ1) is 23.6. The Morgan fingerprint density at radius 3 is 2.00 bits per heavy atom. The highest BCUT2D eigenvalue weighted by molar-refractivity contribution is 6.21. The molecule has 3 aliphatic heterocycles. The first-order chi connectivity index (χ1) is 19.0. The van der Waals surface area contributed by atoms with Crippen molar-refractivity contribution < 1.29 is 33.5 Å². The molecule has 0 aromatic heterocycles. The van der Waals surface area contributed by atoms with Crippen LogP contribution in [0, 0.1) is 0 Å². The van der Waals surface area contributed by atoms with Gasteiger partial charge in [-0.05, 0) is 40.8 Å². The van der Waals surface area contributed by atoms with Crippen LogP contribution in [0.1, 0.15) is 50.6 Å². The molecular formula is C30H24N2O7. The predicted molar refractivity (Wildman–Crippen MR) is 136 cm³/mol. The Hall–Kier alpha value is -4.50. The van der Waals surface area contributed by atoms with Gasteiger partial charge in [0.05, 0.1) is 23.3 Å². The van der Waals surface area contributed by atoms with Gasteiger partial charge in [-0.25, -0.2) is 9.59 Å². The lowest BCUT2D eigenvalue weighted by atomic mass is 9.98. The maximum atomic E-state index is 13.5. The van der Waals surface area contributed by atoms with Crippen molar-refractivity contribution in [2.24, 2.45) is 0 Å². The van der Waals surface area contributed by atoms with Crippen molar-refractivity contribution in [2.75, 3.05) is 13.2 Å². The molecule has 2 fully saturated rings. The zero-order valence-electron chi connectivity index (χ0n) is 20.8. The Labute approximate surface area is 223 Å². The minimum Gasteiger partial charge on any atom is -0.448 e. The van der Waals surface area contributed by atoms with Crippen molar-refractivity contribution in [3.05, 3.63) is 95.1 Å². The summed E-state index contributed by atoms with van der Waals surface area (Å²) in [6.07, 6.45) is -0.271. The fourth-order valence-corrected chi connectivity index (χ4v) is 6.29. The molecule has 39 heavy (non-hydrogen) atoms. The Kier molecular flexibility index (Phi) is 5.48. The molecule has 3 aromatic rings. The number of hydrogen-bond donors (Lipinski definition) is 0. The van der Waals surface area contributed by atoms with Crippen molar-refractivity contribution in [3.8, 4) is 11.1 Å². The van der Waals surface area contributed by atoms with Crippen LogP contribution in [0.25, 0.3) is 11.1 Å². The van der Waals surface area contributed by atoms with E-state index in [1.165, 1.54) is 17.0 Å². The maximum absolute atomic E-state index is 13.5. The molecule has 9 nitrogen and oxygen atoms in total. The second-order valence-electron chi connectivity index (χ2n) is 10.1. The highest BCUT2D eigenvalue weighted by Crippen LogP contribution is 2.45. The third-order valence-corrected chi connectivity index (χ3v) is 8.08. The molecule has 0 saturated carbocycles. The van der Waals surface area contributed by atoms with E-state index in [0.29, 0.717) is 18.1 Å². The topological polar surface area (TPSA) is 102 Å². The van der Waals surface area contributed by atoms with Gasteiger partial charge in [0.1, 0.15) is 12.6 Å². The SMILES string of the molecule is O=C(ON1C(=O)c2ccccc2C1=O)[C@H]1C[C@H]2OCC[C@H]2N1C(=O)OCC1c2ccccc2-c2ccccc21. The zero-order chi connectivity index (χ0) is 26.7. The van der Waals surface area contributed by atoms with Crippen molar-refractivity contribution in [1.82, 2.24) is 9.96 Å². The molecule has 1 aliphatic carbocycles. The molecule has 0 unspecified atom stereocenters. The number of amides is 3. The van der Waals surface area contributed by atoms with Crippen molar-refractivity contribution in [2.45, 2.75) is 36.9 Å². The Morgan fingerprint density at radius 2 is 1.38 bits per heavy atom. The number of benzene rings is 3. The smallest absolute Gasteiger partial charge is 0.410 e. The summed E-state index contributed by atoms with van der Waals surface area (Å²) in [4.78, 5) is 58.9. The Balaban J connectivity index is 1.10. The second-order valence-corrected chi connectivity index (χ2v) is 10.1. The maximum Gasteiger partial charge on any atom is 0.410 e. The molecule has 0 spiro atoms. The van der Waals surface area contributed by atoms with Crippen LogP contribution < -0.4 is 0 Å². The molecule has 4 aliphatic rings. The lowest BCUT2D eigenvalue weighted by molar-refractivity contribution is -0.174. The number of likely N-dealkylation sites (tertiary alicyclic amines) is 1. The summed E-state index contributed by atoms with van der Waals surface area (Å²) >= 11 is 0. The number of hydroxylamine groups is 2. The number of carbonyl (C=O) groups is 4. The lowest BCUT2D eigenvalue weighted by Gasteiger charge is -2.28. The zero-order valence-corrected chi connectivity index (χ0v) is 20.8. The van der Waals surface area contributed by atoms with E-state index in [1.807, 2.05) is 36.4 Å². The first-order valence-electron chi connectivity index (χ1n) is 13.0. The molecule has 196 valence electrons. The van der Waals surface area contributed by atoms with Gasteiger partial charge in [-0.15, -0.1) is 0 Å². The average Bonchev–Trinajstić information content (AvgIpc) is 3.70. The van der Waals surface area contributed by atoms with Crippen LogP contribution in [0.15, 0.2) is 72.8 Å². The summed E-state index contributed by atoms with van der Waals surface area (Å²) in [6.45, 7) is 0.560. The van der Waals surface area contributed by atoms with Gasteiger partial charge < -0.3 is 14.3 Å². The minimum absolute atomic E-state index is 0.0990. The van der Waals surface area contributed by atoms with E-state index in [1.54, 1.807) is 12.1 Å². The normalized spacial score (nSPS) is 22.9. The molecule has 0 bridgehead atoms. The fourth-order valence-electron chi connectivity index (χ4n) is 6.29. The Morgan fingerprint density at radius 1 is 0.821 bits per heavy atom. The van der Waals surface area contributed by atoms with Gasteiger partial charge in [0.2, 0.25) is 0 Å². The van der Waals surface area contributed by atoms with Gasteiger partial charge in [-0.1, -0.05) is 65.7 Å². The van der Waals surface area contributed by atoms with Gasteiger partial charge in [0.15, 0.2) is 0 Å². The van der Waals surface area contributed by atoms with Gasteiger partial charge >= 0.3 is 12.1 Å². The number of carbonyl (C=O) groups excluding carboxylic acids is 4. The summed E-state index contributed by atoms with van der Waals surface area (Å²) in [5.74, 6) is -2.45. The fraction of sp³-hybridized carbons (Fsp3) is 0.267. The van der Waals surface area contributed by atoms with E-state index in [4.69, 9.17) is 14.3 Å². The van der Waals surface area contributed by atoms with Crippen LogP contribution in [0.2, 0.25) is 0 Å². The third-order valence-electron chi connectivity index (χ3n) is 8.08. The highest BCUT2D eigenvalue weighted by atomic mass is 16.7. The van der Waals surface area contributed by atoms with Gasteiger partial charge in [0, 0.05) is 18.9 Å². The number of fused-ring (bicyclic) bond motifs is 5. The van der Waals surface area contributed by atoms with E-state index in [-0.39, 0.29) is 42.2 Å². The number of rotatable bonds is 4. The van der Waals surface area contributed by atoms with Crippen LogP contribution in [0.4, 0.5) is 4.79 Å². The second kappa shape index (κ2) is 9.06. The van der Waals surface area contributed by atoms with Gasteiger partial charge in [-0.2, -0.15) is 0 Å². The van der Waals surface area contributed by atoms with E-state index in [0.717, 1.165) is 22.3 Å². The number of hydrogen-bond acceptors (Lipinski definition) is 7. The van der Waals surface area contributed by atoms with Crippen LogP contribution in [0.5, 0.6) is 0 Å². The van der Waals surface area contributed by atoms with Gasteiger partial charge in [0.25, 0.3) is 11.8 Å². The molecule has 3 heterocycles. The van der Waals surface area contributed by atoms with E-state index in [2.05, 4.69) is 12.1 Å². The van der Waals surface area contributed by atoms with Gasteiger partial charge in [-0.3, -0.25) is 14.5 Å². The van der Waals surface area contributed by atoms with Crippen molar-refractivity contribution >= 4 is 23.9 Å². The monoisotopic (exact) mass is 524 g/mol. The standard InChI is InChI=1S/C30H24N2O7/c33-27-21-11-5-6-12-22(21)28(34)32(27)39-29(35)25-15-26-24(13-14-37-26)31(25)30(36)38-16-23-19-9-3-1-7-17(19)18-8-2-4-10-20(18)23/h1-12,23-26H,13-16H2/t24-,25-,26-/m1/s1. The predicted octanol–water partition coefficient (Wildman–Crippen LogP) is 3.92. The lowest BCUT2D eigenvalue weighted by Crippen LogP contribution is -2.48. The minimum atomic E-state index is -1.06.